The summed E-state index contributed by atoms with van der Waals surface area (Å²) in [6.45, 7) is 3.39. The van der Waals surface area contributed by atoms with Gasteiger partial charge < -0.3 is 18.9 Å². The van der Waals surface area contributed by atoms with Crippen LogP contribution < -0.4 is 14.2 Å². The Balaban J connectivity index is 1.97. The first-order valence-corrected chi connectivity index (χ1v) is 9.10. The molecule has 0 spiro atoms. The van der Waals surface area contributed by atoms with Gasteiger partial charge in [0.25, 0.3) is 0 Å². The molecule has 8 heteroatoms. The van der Waals surface area contributed by atoms with Crippen LogP contribution in [-0.2, 0) is 14.3 Å². The highest BCUT2D eigenvalue weighted by Gasteiger charge is 2.25. The number of ether oxygens (including phenoxy) is 4. The van der Waals surface area contributed by atoms with E-state index in [4.69, 9.17) is 30.5 Å². The average Bonchev–Trinajstić information content (AvgIpc) is 3.05. The van der Waals surface area contributed by atoms with Crippen molar-refractivity contribution in [2.75, 3.05) is 13.7 Å². The summed E-state index contributed by atoms with van der Waals surface area (Å²) in [5.74, 6) is 0.0793. The number of methoxy groups -OCH3 is 1. The number of halogens is 1. The van der Waals surface area contributed by atoms with Crippen LogP contribution in [0.1, 0.15) is 25.0 Å². The molecule has 0 fully saturated rings. The molecule has 0 aromatic heterocycles. The smallest absolute Gasteiger partial charge is 0.363 e. The van der Waals surface area contributed by atoms with E-state index >= 15 is 0 Å². The van der Waals surface area contributed by atoms with Crippen LogP contribution in [0.3, 0.4) is 0 Å². The largest absolute Gasteiger partial charge is 0.497 e. The number of carbonyl (C=O) groups excluding carboxylic acids is 2. The lowest BCUT2D eigenvalue weighted by molar-refractivity contribution is -0.132. The second-order valence-electron chi connectivity index (χ2n) is 5.92. The highest BCUT2D eigenvalue weighted by atomic mass is 35.5. The quantitative estimate of drug-likeness (QED) is 0.402. The summed E-state index contributed by atoms with van der Waals surface area (Å²) in [4.78, 5) is 27.8. The molecule has 2 aromatic rings. The monoisotopic (exact) mass is 415 g/mol. The second-order valence-corrected chi connectivity index (χ2v) is 6.33. The molecule has 1 heterocycles. The average molecular weight is 416 g/mol. The topological polar surface area (TPSA) is 83.4 Å². The van der Waals surface area contributed by atoms with E-state index in [0.717, 1.165) is 0 Å². The van der Waals surface area contributed by atoms with E-state index in [9.17, 15) is 9.59 Å². The highest BCUT2D eigenvalue weighted by molar-refractivity contribution is 6.32. The molecule has 0 aliphatic carbocycles. The van der Waals surface area contributed by atoms with Gasteiger partial charge in [-0.05, 0) is 48.9 Å². The summed E-state index contributed by atoms with van der Waals surface area (Å²) in [5, 5.41) is 0.168. The maximum absolute atomic E-state index is 12.3. The Morgan fingerprint density at radius 1 is 1.28 bits per heavy atom. The zero-order valence-electron chi connectivity index (χ0n) is 16.0. The van der Waals surface area contributed by atoms with Gasteiger partial charge in [0.1, 0.15) is 5.75 Å². The standard InChI is InChI=1S/C21H18ClNO6/c1-4-27-18-10-13(8-16(22)19(18)28-12(2)24)9-17-21(25)29-20(23-17)14-6-5-7-15(11-14)26-3/h5-11H,4H2,1-3H3/b17-9-. The molecule has 0 saturated heterocycles. The van der Waals surface area contributed by atoms with Crippen molar-refractivity contribution in [2.24, 2.45) is 4.99 Å². The third-order valence-corrected chi connectivity index (χ3v) is 4.10. The first-order chi connectivity index (χ1) is 13.9. The van der Waals surface area contributed by atoms with Gasteiger partial charge in [-0.3, -0.25) is 4.79 Å². The highest BCUT2D eigenvalue weighted by Crippen LogP contribution is 2.37. The molecular formula is C21H18ClNO6. The molecule has 1 aliphatic rings. The molecule has 0 amide bonds. The molecular weight excluding hydrogens is 398 g/mol. The molecule has 0 atom stereocenters. The van der Waals surface area contributed by atoms with Gasteiger partial charge in [-0.15, -0.1) is 0 Å². The number of cyclic esters (lactones) is 1. The lowest BCUT2D eigenvalue weighted by atomic mass is 10.1. The van der Waals surface area contributed by atoms with E-state index in [-0.39, 0.29) is 28.1 Å². The third kappa shape index (κ3) is 4.75. The molecule has 29 heavy (non-hydrogen) atoms. The van der Waals surface area contributed by atoms with Crippen molar-refractivity contribution in [1.29, 1.82) is 0 Å². The van der Waals surface area contributed by atoms with Crippen molar-refractivity contribution >= 4 is 35.5 Å². The number of rotatable bonds is 6. The minimum absolute atomic E-state index is 0.0987. The Hall–Kier alpha value is -3.32. The predicted octanol–water partition coefficient (Wildman–Crippen LogP) is 4.02. The van der Waals surface area contributed by atoms with Crippen LogP contribution in [0.4, 0.5) is 0 Å². The maximum Gasteiger partial charge on any atom is 0.363 e. The zero-order chi connectivity index (χ0) is 21.0. The summed E-state index contributed by atoms with van der Waals surface area (Å²) in [6.07, 6.45) is 1.52. The molecule has 0 N–H and O–H groups in total. The maximum atomic E-state index is 12.3. The van der Waals surface area contributed by atoms with Gasteiger partial charge in [-0.25, -0.2) is 9.79 Å². The van der Waals surface area contributed by atoms with Crippen LogP contribution in [0.5, 0.6) is 17.2 Å². The normalized spacial score (nSPS) is 14.4. The van der Waals surface area contributed by atoms with Crippen LogP contribution in [0.25, 0.3) is 6.08 Å². The van der Waals surface area contributed by atoms with Crippen LogP contribution in [-0.4, -0.2) is 31.6 Å². The van der Waals surface area contributed by atoms with Gasteiger partial charge in [0.05, 0.1) is 18.7 Å². The number of esters is 2. The summed E-state index contributed by atoms with van der Waals surface area (Å²) in [6, 6.07) is 10.2. The van der Waals surface area contributed by atoms with Crippen molar-refractivity contribution in [1.82, 2.24) is 0 Å². The van der Waals surface area contributed by atoms with Crippen LogP contribution in [0.2, 0.25) is 5.02 Å². The molecule has 150 valence electrons. The van der Waals surface area contributed by atoms with Gasteiger partial charge in [0, 0.05) is 12.5 Å². The summed E-state index contributed by atoms with van der Waals surface area (Å²) in [5.41, 5.74) is 1.25. The van der Waals surface area contributed by atoms with Crippen molar-refractivity contribution in [3.8, 4) is 17.2 Å². The fourth-order valence-electron chi connectivity index (χ4n) is 2.62. The molecule has 1 aliphatic heterocycles. The van der Waals surface area contributed by atoms with Crippen molar-refractivity contribution in [2.45, 2.75) is 13.8 Å². The minimum atomic E-state index is -0.596. The van der Waals surface area contributed by atoms with Gasteiger partial charge in [-0.1, -0.05) is 17.7 Å². The Morgan fingerprint density at radius 3 is 2.76 bits per heavy atom. The van der Waals surface area contributed by atoms with Crippen molar-refractivity contribution < 1.29 is 28.5 Å². The predicted molar refractivity (Wildman–Crippen MR) is 108 cm³/mol. The van der Waals surface area contributed by atoms with Gasteiger partial charge in [-0.2, -0.15) is 0 Å². The second kappa shape index (κ2) is 8.79. The summed E-state index contributed by atoms with van der Waals surface area (Å²) >= 11 is 6.24. The molecule has 0 radical (unpaired) electrons. The van der Waals surface area contributed by atoms with E-state index < -0.39 is 11.9 Å². The fraction of sp³-hybridized carbons (Fsp3) is 0.190. The van der Waals surface area contributed by atoms with Crippen LogP contribution >= 0.6 is 11.6 Å². The van der Waals surface area contributed by atoms with Crippen LogP contribution in [0, 0.1) is 0 Å². The Labute approximate surface area is 172 Å². The van der Waals surface area contributed by atoms with E-state index in [2.05, 4.69) is 4.99 Å². The molecule has 0 unspecified atom stereocenters. The number of aliphatic imine (C=N–C) groups is 1. The summed E-state index contributed by atoms with van der Waals surface area (Å²) in [7, 11) is 1.55. The Kier molecular flexibility index (Phi) is 6.19. The lowest BCUT2D eigenvalue weighted by Gasteiger charge is -2.12. The number of benzene rings is 2. The van der Waals surface area contributed by atoms with Crippen molar-refractivity contribution in [3.63, 3.8) is 0 Å². The lowest BCUT2D eigenvalue weighted by Crippen LogP contribution is -2.06. The third-order valence-electron chi connectivity index (χ3n) is 3.82. The minimum Gasteiger partial charge on any atom is -0.497 e. The van der Waals surface area contributed by atoms with E-state index in [0.29, 0.717) is 23.5 Å². The number of hydrogen-bond acceptors (Lipinski definition) is 7. The SMILES string of the molecule is CCOc1cc(/C=C2\N=C(c3cccc(OC)c3)OC2=O)cc(Cl)c1OC(C)=O. The molecule has 2 aromatic carbocycles. The first kappa shape index (κ1) is 20.4. The van der Waals surface area contributed by atoms with Crippen molar-refractivity contribution in [3.05, 3.63) is 58.2 Å². The zero-order valence-corrected chi connectivity index (χ0v) is 16.8. The molecule has 0 saturated carbocycles. The van der Waals surface area contributed by atoms with Crippen LogP contribution in [0.15, 0.2) is 47.1 Å². The van der Waals surface area contributed by atoms with Gasteiger partial charge in [0.2, 0.25) is 5.90 Å². The first-order valence-electron chi connectivity index (χ1n) is 8.73. The number of hydrogen-bond donors (Lipinski definition) is 0. The Bertz CT molecular complexity index is 1030. The fourth-order valence-corrected chi connectivity index (χ4v) is 2.88. The van der Waals surface area contributed by atoms with E-state index in [1.54, 1.807) is 50.4 Å². The molecule has 3 rings (SSSR count). The number of carbonyl (C=O) groups is 2. The van der Waals surface area contributed by atoms with Gasteiger partial charge in [0.15, 0.2) is 17.2 Å². The van der Waals surface area contributed by atoms with Gasteiger partial charge >= 0.3 is 11.9 Å². The number of nitrogens with zero attached hydrogens (tertiary/aromatic N) is 1. The van der Waals surface area contributed by atoms with E-state index in [1.165, 1.54) is 13.0 Å². The molecule has 7 nitrogen and oxygen atoms in total. The Morgan fingerprint density at radius 2 is 2.07 bits per heavy atom. The van der Waals surface area contributed by atoms with E-state index in [1.807, 2.05) is 0 Å². The summed E-state index contributed by atoms with van der Waals surface area (Å²) < 4.78 is 21.1. The molecule has 0 bridgehead atoms.